The van der Waals surface area contributed by atoms with E-state index in [1.165, 1.54) is 0 Å². The number of ether oxygens (including phenoxy) is 1. The van der Waals surface area contributed by atoms with Gasteiger partial charge in [-0.05, 0) is 25.2 Å². The van der Waals surface area contributed by atoms with Crippen molar-refractivity contribution in [3.05, 3.63) is 0 Å². The zero-order chi connectivity index (χ0) is 10.1. The lowest BCUT2D eigenvalue weighted by molar-refractivity contribution is -0.117. The molecule has 76 valence electrons. The third-order valence-corrected chi connectivity index (χ3v) is 2.45. The standard InChI is InChI=1S/C11H20O2/c1-8(12)6-5-7-9-10(13-9)11(2,3)4/h9-10H,5-7H2,1-4H3/t9-,10-/m1/s1. The van der Waals surface area contributed by atoms with Crippen molar-refractivity contribution in [1.29, 1.82) is 0 Å². The van der Waals surface area contributed by atoms with Crippen molar-refractivity contribution in [3.63, 3.8) is 0 Å². The monoisotopic (exact) mass is 184 g/mol. The summed E-state index contributed by atoms with van der Waals surface area (Å²) in [4.78, 5) is 10.7. The van der Waals surface area contributed by atoms with E-state index in [0.29, 0.717) is 18.6 Å². The first kappa shape index (κ1) is 10.7. The Hall–Kier alpha value is -0.370. The first-order valence-electron chi connectivity index (χ1n) is 5.06. The van der Waals surface area contributed by atoms with Gasteiger partial charge in [0.1, 0.15) is 5.78 Å². The molecule has 2 atom stereocenters. The van der Waals surface area contributed by atoms with E-state index in [1.54, 1.807) is 6.92 Å². The molecule has 0 aliphatic carbocycles. The van der Waals surface area contributed by atoms with Crippen LogP contribution in [-0.2, 0) is 9.53 Å². The summed E-state index contributed by atoms with van der Waals surface area (Å²) in [6, 6.07) is 0. The second-order valence-electron chi connectivity index (χ2n) is 5.06. The van der Waals surface area contributed by atoms with E-state index in [1.807, 2.05) is 0 Å². The largest absolute Gasteiger partial charge is 0.369 e. The number of Topliss-reactive ketones (excluding diaryl/α,β-unsaturated/α-hetero) is 1. The normalized spacial score (nSPS) is 27.4. The van der Waals surface area contributed by atoms with Crippen LogP contribution in [0.5, 0.6) is 0 Å². The van der Waals surface area contributed by atoms with E-state index in [0.717, 1.165) is 12.8 Å². The van der Waals surface area contributed by atoms with Gasteiger partial charge >= 0.3 is 0 Å². The first-order chi connectivity index (χ1) is 5.91. The van der Waals surface area contributed by atoms with E-state index in [2.05, 4.69) is 20.8 Å². The quantitative estimate of drug-likeness (QED) is 0.628. The van der Waals surface area contributed by atoms with Crippen molar-refractivity contribution in [2.24, 2.45) is 5.41 Å². The third-order valence-electron chi connectivity index (χ3n) is 2.45. The van der Waals surface area contributed by atoms with Crippen LogP contribution in [0.15, 0.2) is 0 Å². The summed E-state index contributed by atoms with van der Waals surface area (Å²) in [7, 11) is 0. The van der Waals surface area contributed by atoms with Crippen molar-refractivity contribution >= 4 is 5.78 Å². The minimum absolute atomic E-state index is 0.265. The van der Waals surface area contributed by atoms with Crippen LogP contribution < -0.4 is 0 Å². The highest BCUT2D eigenvalue weighted by molar-refractivity contribution is 5.75. The Balaban J connectivity index is 2.11. The first-order valence-corrected chi connectivity index (χ1v) is 5.06. The Morgan fingerprint density at radius 2 is 2.00 bits per heavy atom. The molecule has 0 aromatic heterocycles. The molecule has 1 aliphatic rings. The summed E-state index contributed by atoms with van der Waals surface area (Å²) < 4.78 is 5.55. The Kier molecular flexibility index (Phi) is 3.12. The van der Waals surface area contributed by atoms with Crippen molar-refractivity contribution < 1.29 is 9.53 Å². The van der Waals surface area contributed by atoms with Gasteiger partial charge in [-0.25, -0.2) is 0 Å². The molecule has 0 aromatic rings. The average molecular weight is 184 g/mol. The molecular formula is C11H20O2. The van der Waals surface area contributed by atoms with Crippen LogP contribution in [0.4, 0.5) is 0 Å². The van der Waals surface area contributed by atoms with Gasteiger partial charge in [0.25, 0.3) is 0 Å². The van der Waals surface area contributed by atoms with Crippen molar-refractivity contribution in [3.8, 4) is 0 Å². The summed E-state index contributed by atoms with van der Waals surface area (Å²) >= 11 is 0. The maximum absolute atomic E-state index is 10.7. The minimum atomic E-state index is 0.265. The molecule has 1 aliphatic heterocycles. The molecule has 0 radical (unpaired) electrons. The summed E-state index contributed by atoms with van der Waals surface area (Å²) in [5.74, 6) is 0.285. The summed E-state index contributed by atoms with van der Waals surface area (Å²) in [5, 5.41) is 0. The molecule has 0 unspecified atom stereocenters. The Morgan fingerprint density at radius 3 is 2.38 bits per heavy atom. The zero-order valence-electron chi connectivity index (χ0n) is 9.09. The number of hydrogen-bond donors (Lipinski definition) is 0. The fourth-order valence-corrected chi connectivity index (χ4v) is 1.68. The van der Waals surface area contributed by atoms with Gasteiger partial charge in [-0.3, -0.25) is 0 Å². The van der Waals surface area contributed by atoms with Crippen LogP contribution in [0.1, 0.15) is 47.0 Å². The molecule has 0 spiro atoms. The molecule has 0 saturated carbocycles. The van der Waals surface area contributed by atoms with Gasteiger partial charge in [-0.1, -0.05) is 20.8 Å². The molecule has 1 heterocycles. The van der Waals surface area contributed by atoms with Gasteiger partial charge in [-0.2, -0.15) is 0 Å². The molecule has 0 N–H and O–H groups in total. The fourth-order valence-electron chi connectivity index (χ4n) is 1.68. The molecule has 1 rings (SSSR count). The predicted octanol–water partition coefficient (Wildman–Crippen LogP) is 2.56. The van der Waals surface area contributed by atoms with Crippen molar-refractivity contribution in [2.45, 2.75) is 59.2 Å². The zero-order valence-corrected chi connectivity index (χ0v) is 9.09. The number of ketones is 1. The van der Waals surface area contributed by atoms with Crippen molar-refractivity contribution in [2.75, 3.05) is 0 Å². The van der Waals surface area contributed by atoms with Gasteiger partial charge in [0.2, 0.25) is 0 Å². The van der Waals surface area contributed by atoms with Gasteiger partial charge in [0.15, 0.2) is 0 Å². The lowest BCUT2D eigenvalue weighted by atomic mass is 9.89. The average Bonchev–Trinajstić information content (AvgIpc) is 2.64. The van der Waals surface area contributed by atoms with Gasteiger partial charge < -0.3 is 9.53 Å². The predicted molar refractivity (Wildman–Crippen MR) is 52.6 cm³/mol. The number of epoxide rings is 1. The van der Waals surface area contributed by atoms with Crippen molar-refractivity contribution in [1.82, 2.24) is 0 Å². The lowest BCUT2D eigenvalue weighted by Gasteiger charge is -2.14. The lowest BCUT2D eigenvalue weighted by Crippen LogP contribution is -2.16. The van der Waals surface area contributed by atoms with E-state index in [-0.39, 0.29) is 11.2 Å². The highest BCUT2D eigenvalue weighted by atomic mass is 16.6. The SMILES string of the molecule is CC(=O)CCC[C@H]1O[C@H]1C(C)(C)C. The van der Waals surface area contributed by atoms with Crippen LogP contribution in [0.3, 0.4) is 0 Å². The number of hydrogen-bond acceptors (Lipinski definition) is 2. The summed E-state index contributed by atoms with van der Waals surface area (Å²) in [6.45, 7) is 8.24. The van der Waals surface area contributed by atoms with Crippen LogP contribution in [-0.4, -0.2) is 18.0 Å². The van der Waals surface area contributed by atoms with E-state index >= 15 is 0 Å². The van der Waals surface area contributed by atoms with Gasteiger partial charge in [0.05, 0.1) is 12.2 Å². The highest BCUT2D eigenvalue weighted by Crippen LogP contribution is 2.40. The fraction of sp³-hybridized carbons (Fsp3) is 0.909. The van der Waals surface area contributed by atoms with E-state index in [4.69, 9.17) is 4.74 Å². The highest BCUT2D eigenvalue weighted by Gasteiger charge is 2.46. The maximum Gasteiger partial charge on any atom is 0.129 e. The van der Waals surface area contributed by atoms with Crippen LogP contribution >= 0.6 is 0 Å². The molecular weight excluding hydrogens is 164 g/mol. The Labute approximate surface area is 80.7 Å². The van der Waals surface area contributed by atoms with Crippen LogP contribution in [0.2, 0.25) is 0 Å². The Morgan fingerprint density at radius 1 is 1.38 bits per heavy atom. The van der Waals surface area contributed by atoms with Crippen LogP contribution in [0.25, 0.3) is 0 Å². The molecule has 13 heavy (non-hydrogen) atoms. The van der Waals surface area contributed by atoms with E-state index in [9.17, 15) is 4.79 Å². The Bertz CT molecular complexity index is 191. The maximum atomic E-state index is 10.7. The van der Waals surface area contributed by atoms with Gasteiger partial charge in [0, 0.05) is 6.42 Å². The number of carbonyl (C=O) groups is 1. The molecule has 2 nitrogen and oxygen atoms in total. The number of carbonyl (C=O) groups excluding carboxylic acids is 1. The topological polar surface area (TPSA) is 29.6 Å². The minimum Gasteiger partial charge on any atom is -0.369 e. The molecule has 0 bridgehead atoms. The third kappa shape index (κ3) is 3.47. The smallest absolute Gasteiger partial charge is 0.129 e. The molecule has 0 aromatic carbocycles. The summed E-state index contributed by atoms with van der Waals surface area (Å²) in [5.41, 5.74) is 0.265. The number of rotatable bonds is 4. The molecule has 1 saturated heterocycles. The second kappa shape index (κ2) is 3.79. The van der Waals surface area contributed by atoms with Crippen LogP contribution in [0, 0.1) is 5.41 Å². The molecule has 1 fully saturated rings. The second-order valence-corrected chi connectivity index (χ2v) is 5.06. The van der Waals surface area contributed by atoms with E-state index < -0.39 is 0 Å². The van der Waals surface area contributed by atoms with Gasteiger partial charge in [-0.15, -0.1) is 0 Å². The summed E-state index contributed by atoms with van der Waals surface area (Å²) in [6.07, 6.45) is 3.56. The molecule has 2 heteroatoms. The molecule has 0 amide bonds.